The van der Waals surface area contributed by atoms with Crippen molar-refractivity contribution in [3.63, 3.8) is 0 Å². The molecular formula is C19H15ClN4O2. The van der Waals surface area contributed by atoms with E-state index in [2.05, 4.69) is 15.4 Å². The van der Waals surface area contributed by atoms with Gasteiger partial charge in [0.25, 0.3) is 0 Å². The van der Waals surface area contributed by atoms with Crippen LogP contribution >= 0.6 is 11.6 Å². The van der Waals surface area contributed by atoms with Crippen LogP contribution in [0.1, 0.15) is 36.1 Å². The van der Waals surface area contributed by atoms with Gasteiger partial charge in [-0.1, -0.05) is 23.7 Å². The van der Waals surface area contributed by atoms with Crippen molar-refractivity contribution in [2.45, 2.75) is 24.8 Å². The summed E-state index contributed by atoms with van der Waals surface area (Å²) in [6.45, 7) is 0. The molecule has 7 heteroatoms. The van der Waals surface area contributed by atoms with Crippen molar-refractivity contribution in [3.05, 3.63) is 76.6 Å². The Morgan fingerprint density at radius 3 is 2.81 bits per heavy atom. The van der Waals surface area contributed by atoms with E-state index < -0.39 is 0 Å². The van der Waals surface area contributed by atoms with E-state index in [9.17, 15) is 4.79 Å². The van der Waals surface area contributed by atoms with Crippen LogP contribution in [0.3, 0.4) is 0 Å². The molecule has 1 aromatic carbocycles. The van der Waals surface area contributed by atoms with Crippen molar-refractivity contribution in [1.82, 2.24) is 14.8 Å². The number of hydrogen-bond donors (Lipinski definition) is 1. The second kappa shape index (κ2) is 5.85. The molecule has 2 atom stereocenters. The topological polar surface area (TPSA) is 73.0 Å². The summed E-state index contributed by atoms with van der Waals surface area (Å²) in [5.41, 5.74) is 2.59. The maximum absolute atomic E-state index is 13.1. The second-order valence-corrected chi connectivity index (χ2v) is 6.98. The van der Waals surface area contributed by atoms with Crippen molar-refractivity contribution in [2.75, 3.05) is 5.32 Å². The van der Waals surface area contributed by atoms with Crippen LogP contribution in [0, 0.1) is 0 Å². The lowest BCUT2D eigenvalue weighted by Gasteiger charge is -2.34. The third kappa shape index (κ3) is 2.37. The SMILES string of the molecule is O=C1CC(c2ccco2)CC2=C1C(c1ccc(Cl)cc1)n1ncnc1N2. The summed E-state index contributed by atoms with van der Waals surface area (Å²) in [7, 11) is 0. The number of ketones is 1. The quantitative estimate of drug-likeness (QED) is 0.743. The molecule has 3 heterocycles. The highest BCUT2D eigenvalue weighted by Crippen LogP contribution is 2.43. The maximum atomic E-state index is 13.1. The molecule has 1 aliphatic heterocycles. The number of anilines is 1. The number of carbonyl (C=O) groups excluding carboxylic acids is 1. The van der Waals surface area contributed by atoms with Crippen molar-refractivity contribution in [3.8, 4) is 0 Å². The molecule has 0 saturated heterocycles. The molecule has 0 fully saturated rings. The number of nitrogens with zero attached hydrogens (tertiary/aromatic N) is 3. The van der Waals surface area contributed by atoms with Gasteiger partial charge in [0, 0.05) is 28.6 Å². The van der Waals surface area contributed by atoms with Crippen LogP contribution in [0.2, 0.25) is 5.02 Å². The number of Topliss-reactive ketones (excluding diaryl/α,β-unsaturated/α-hetero) is 1. The lowest BCUT2D eigenvalue weighted by Crippen LogP contribution is -2.33. The molecule has 2 aromatic heterocycles. The summed E-state index contributed by atoms with van der Waals surface area (Å²) >= 11 is 6.04. The number of hydrogen-bond acceptors (Lipinski definition) is 5. The Balaban J connectivity index is 1.62. The van der Waals surface area contributed by atoms with E-state index in [0.29, 0.717) is 23.8 Å². The van der Waals surface area contributed by atoms with E-state index in [4.69, 9.17) is 16.0 Å². The normalized spacial score (nSPS) is 22.0. The first-order valence-corrected chi connectivity index (χ1v) is 8.80. The summed E-state index contributed by atoms with van der Waals surface area (Å²) in [5.74, 6) is 1.60. The monoisotopic (exact) mass is 366 g/mol. The molecule has 6 nitrogen and oxygen atoms in total. The predicted molar refractivity (Wildman–Crippen MR) is 96.0 cm³/mol. The number of benzene rings is 1. The van der Waals surface area contributed by atoms with Crippen LogP contribution < -0.4 is 5.32 Å². The van der Waals surface area contributed by atoms with E-state index in [1.807, 2.05) is 36.4 Å². The maximum Gasteiger partial charge on any atom is 0.226 e. The average Bonchev–Trinajstić information content (AvgIpc) is 3.32. The van der Waals surface area contributed by atoms with Crippen LogP contribution in [0.25, 0.3) is 0 Å². The zero-order valence-corrected chi connectivity index (χ0v) is 14.5. The molecule has 1 N–H and O–H groups in total. The van der Waals surface area contributed by atoms with Crippen LogP contribution in [-0.2, 0) is 4.79 Å². The smallest absolute Gasteiger partial charge is 0.226 e. The van der Waals surface area contributed by atoms with Crippen molar-refractivity contribution in [2.24, 2.45) is 0 Å². The van der Waals surface area contributed by atoms with Crippen LogP contribution in [0.15, 0.2) is 64.7 Å². The first kappa shape index (κ1) is 15.4. The Labute approximate surface area is 154 Å². The third-order valence-electron chi connectivity index (χ3n) is 4.99. The molecule has 0 saturated carbocycles. The van der Waals surface area contributed by atoms with Crippen molar-refractivity contribution < 1.29 is 9.21 Å². The van der Waals surface area contributed by atoms with Gasteiger partial charge in [-0.25, -0.2) is 4.68 Å². The molecule has 0 bridgehead atoms. The van der Waals surface area contributed by atoms with Gasteiger partial charge in [-0.05, 0) is 36.2 Å². The molecule has 3 aromatic rings. The zero-order valence-electron chi connectivity index (χ0n) is 13.7. The highest BCUT2D eigenvalue weighted by molar-refractivity contribution is 6.30. The standard InChI is InChI=1S/C19H15ClN4O2/c20-13-5-3-11(4-6-13)18-17-14(23-19-21-10-22-24(18)19)8-12(9-15(17)25)16-2-1-7-26-16/h1-7,10,12,18H,8-9H2,(H,21,22,23). The predicted octanol–water partition coefficient (Wildman–Crippen LogP) is 3.94. The Bertz CT molecular complexity index is 1000. The minimum atomic E-state index is -0.300. The summed E-state index contributed by atoms with van der Waals surface area (Å²) in [5, 5.41) is 8.29. The number of nitrogens with one attached hydrogen (secondary N) is 1. The summed E-state index contributed by atoms with van der Waals surface area (Å²) < 4.78 is 7.29. The highest BCUT2D eigenvalue weighted by Gasteiger charge is 2.39. The minimum Gasteiger partial charge on any atom is -0.469 e. The van der Waals surface area contributed by atoms with E-state index >= 15 is 0 Å². The lowest BCUT2D eigenvalue weighted by atomic mass is 9.79. The Morgan fingerprint density at radius 1 is 1.19 bits per heavy atom. The molecule has 0 spiro atoms. The van der Waals surface area contributed by atoms with Gasteiger partial charge in [-0.15, -0.1) is 0 Å². The Morgan fingerprint density at radius 2 is 2.04 bits per heavy atom. The fourth-order valence-electron chi connectivity index (χ4n) is 3.83. The lowest BCUT2D eigenvalue weighted by molar-refractivity contribution is -0.117. The Hall–Kier alpha value is -2.86. The average molecular weight is 367 g/mol. The molecule has 1 aliphatic carbocycles. The van der Waals surface area contributed by atoms with Gasteiger partial charge in [0.2, 0.25) is 5.95 Å². The molecule has 0 radical (unpaired) electrons. The van der Waals surface area contributed by atoms with Crippen LogP contribution in [-0.4, -0.2) is 20.5 Å². The number of furan rings is 1. The number of carbonyl (C=O) groups is 1. The van der Waals surface area contributed by atoms with Gasteiger partial charge in [0.15, 0.2) is 5.78 Å². The van der Waals surface area contributed by atoms with Gasteiger partial charge in [-0.2, -0.15) is 10.1 Å². The minimum absolute atomic E-state index is 0.0316. The van der Waals surface area contributed by atoms with Gasteiger partial charge in [0.1, 0.15) is 18.1 Å². The molecular weight excluding hydrogens is 352 g/mol. The van der Waals surface area contributed by atoms with Crippen molar-refractivity contribution in [1.29, 1.82) is 0 Å². The summed E-state index contributed by atoms with van der Waals surface area (Å²) in [4.78, 5) is 17.4. The van der Waals surface area contributed by atoms with Crippen LogP contribution in [0.4, 0.5) is 5.95 Å². The van der Waals surface area contributed by atoms with E-state index in [1.54, 1.807) is 10.9 Å². The summed E-state index contributed by atoms with van der Waals surface area (Å²) in [6.07, 6.45) is 4.26. The first-order valence-electron chi connectivity index (χ1n) is 8.42. The van der Waals surface area contributed by atoms with E-state index in [0.717, 1.165) is 22.6 Å². The molecule has 5 rings (SSSR count). The van der Waals surface area contributed by atoms with E-state index in [-0.39, 0.29) is 17.7 Å². The molecule has 2 unspecified atom stereocenters. The van der Waals surface area contributed by atoms with Gasteiger partial charge >= 0.3 is 0 Å². The molecule has 0 amide bonds. The second-order valence-electron chi connectivity index (χ2n) is 6.54. The number of allylic oxidation sites excluding steroid dienone is 2. The fourth-order valence-corrected chi connectivity index (χ4v) is 3.96. The van der Waals surface area contributed by atoms with E-state index in [1.165, 1.54) is 6.33 Å². The molecule has 2 aliphatic rings. The third-order valence-corrected chi connectivity index (χ3v) is 5.24. The van der Waals surface area contributed by atoms with Crippen molar-refractivity contribution >= 4 is 23.3 Å². The fraction of sp³-hybridized carbons (Fsp3) is 0.211. The first-order chi connectivity index (χ1) is 12.7. The largest absolute Gasteiger partial charge is 0.469 e. The number of rotatable bonds is 2. The van der Waals surface area contributed by atoms with Gasteiger partial charge in [0.05, 0.1) is 6.26 Å². The number of halogens is 1. The summed E-state index contributed by atoms with van der Waals surface area (Å²) in [6, 6.07) is 11.0. The number of fused-ring (bicyclic) bond motifs is 1. The number of aromatic nitrogens is 3. The zero-order chi connectivity index (χ0) is 17.7. The molecule has 26 heavy (non-hydrogen) atoms. The van der Waals surface area contributed by atoms with Gasteiger partial charge in [-0.3, -0.25) is 4.79 Å². The molecule has 130 valence electrons. The van der Waals surface area contributed by atoms with Gasteiger partial charge < -0.3 is 9.73 Å². The van der Waals surface area contributed by atoms with Crippen LogP contribution in [0.5, 0.6) is 0 Å². The Kier molecular flexibility index (Phi) is 3.46. The highest BCUT2D eigenvalue weighted by atomic mass is 35.5.